The molecule has 0 saturated heterocycles. The van der Waals surface area contributed by atoms with Crippen molar-refractivity contribution >= 4 is 22.4 Å². The highest BCUT2D eigenvalue weighted by Crippen LogP contribution is 2.34. The highest BCUT2D eigenvalue weighted by atomic mass is 35.5. The molecule has 0 spiro atoms. The molecule has 0 aromatic heterocycles. The van der Waals surface area contributed by atoms with Crippen LogP contribution in [0, 0.1) is 0 Å². The Morgan fingerprint density at radius 3 is 2.80 bits per heavy atom. The number of rotatable bonds is 2. The first-order valence-electron chi connectivity index (χ1n) is 6.30. The lowest BCUT2D eigenvalue weighted by atomic mass is 10.0. The number of benzene rings is 2. The Bertz CT molecular complexity index is 662. The fourth-order valence-electron chi connectivity index (χ4n) is 2.33. The molecule has 0 bridgehead atoms. The van der Waals surface area contributed by atoms with Crippen molar-refractivity contribution in [3.8, 4) is 5.75 Å². The van der Waals surface area contributed by atoms with Crippen molar-refractivity contribution in [1.29, 1.82) is 0 Å². The summed E-state index contributed by atoms with van der Waals surface area (Å²) in [6, 6.07) is 14.4. The maximum absolute atomic E-state index is 12.7. The molecular weight excluding hydrogens is 294 g/mol. The van der Waals surface area contributed by atoms with Gasteiger partial charge < -0.3 is 10.5 Å². The van der Waals surface area contributed by atoms with Gasteiger partial charge in [-0.3, -0.25) is 4.21 Å². The minimum atomic E-state index is -1.25. The molecule has 2 N–H and O–H groups in total. The summed E-state index contributed by atoms with van der Waals surface area (Å²) in [4.78, 5) is 0.681. The monoisotopic (exact) mass is 307 g/mol. The highest BCUT2D eigenvalue weighted by Gasteiger charge is 2.33. The Morgan fingerprint density at radius 2 is 2.00 bits per heavy atom. The number of halogens is 1. The molecule has 5 heteroatoms. The van der Waals surface area contributed by atoms with Gasteiger partial charge in [0.25, 0.3) is 0 Å². The maximum Gasteiger partial charge on any atom is 0.124 e. The van der Waals surface area contributed by atoms with Crippen LogP contribution < -0.4 is 10.5 Å². The van der Waals surface area contributed by atoms with Gasteiger partial charge in [0.2, 0.25) is 0 Å². The van der Waals surface area contributed by atoms with E-state index in [9.17, 15) is 4.21 Å². The fraction of sp³-hybridized carbons (Fsp3) is 0.200. The molecule has 20 heavy (non-hydrogen) atoms. The second-order valence-corrected chi connectivity index (χ2v) is 6.78. The molecule has 2 aromatic carbocycles. The van der Waals surface area contributed by atoms with Gasteiger partial charge in [-0.2, -0.15) is 0 Å². The number of hydrogen-bond acceptors (Lipinski definition) is 3. The molecule has 0 aliphatic carbocycles. The van der Waals surface area contributed by atoms with Crippen molar-refractivity contribution in [3.63, 3.8) is 0 Å². The van der Waals surface area contributed by atoms with Crippen LogP contribution in [0.2, 0.25) is 5.02 Å². The summed E-state index contributed by atoms with van der Waals surface area (Å²) in [6.45, 7) is 0.345. The summed E-state index contributed by atoms with van der Waals surface area (Å²) in [5, 5.41) is 0.296. The van der Waals surface area contributed by atoms with E-state index in [1.807, 2.05) is 24.3 Å². The topological polar surface area (TPSA) is 52.3 Å². The zero-order valence-corrected chi connectivity index (χ0v) is 12.2. The molecular formula is C15H14ClNO2S. The minimum Gasteiger partial charge on any atom is -0.492 e. The zero-order chi connectivity index (χ0) is 14.1. The molecule has 3 rings (SSSR count). The molecule has 0 fully saturated rings. The maximum atomic E-state index is 12.7. The van der Waals surface area contributed by atoms with Crippen LogP contribution in [0.25, 0.3) is 0 Å². The third kappa shape index (κ3) is 2.46. The molecule has 1 aliphatic heterocycles. The van der Waals surface area contributed by atoms with Crippen LogP contribution in [0.15, 0.2) is 53.4 Å². The van der Waals surface area contributed by atoms with Gasteiger partial charge in [-0.15, -0.1) is 0 Å². The van der Waals surface area contributed by atoms with Gasteiger partial charge in [0, 0.05) is 15.5 Å². The fourth-order valence-corrected chi connectivity index (χ4v) is 3.99. The van der Waals surface area contributed by atoms with E-state index in [-0.39, 0.29) is 11.3 Å². The van der Waals surface area contributed by atoms with Crippen LogP contribution in [0.3, 0.4) is 0 Å². The van der Waals surface area contributed by atoms with E-state index in [1.54, 1.807) is 24.3 Å². The number of fused-ring (bicyclic) bond motifs is 1. The van der Waals surface area contributed by atoms with Crippen LogP contribution >= 0.6 is 11.6 Å². The number of para-hydroxylation sites is 1. The second kappa shape index (κ2) is 5.56. The lowest BCUT2D eigenvalue weighted by Crippen LogP contribution is -2.39. The van der Waals surface area contributed by atoms with Gasteiger partial charge >= 0.3 is 0 Å². The van der Waals surface area contributed by atoms with E-state index >= 15 is 0 Å². The number of ether oxygens (including phenoxy) is 1. The Morgan fingerprint density at radius 1 is 1.20 bits per heavy atom. The van der Waals surface area contributed by atoms with Gasteiger partial charge in [-0.1, -0.05) is 35.9 Å². The number of hydrogen-bond donors (Lipinski definition) is 1. The third-order valence-electron chi connectivity index (χ3n) is 3.39. The molecule has 3 unspecified atom stereocenters. The van der Waals surface area contributed by atoms with Gasteiger partial charge in [0.05, 0.1) is 22.1 Å². The molecule has 1 heterocycles. The second-order valence-electron chi connectivity index (χ2n) is 4.67. The molecule has 104 valence electrons. The summed E-state index contributed by atoms with van der Waals surface area (Å²) >= 11 is 5.95. The van der Waals surface area contributed by atoms with Crippen molar-refractivity contribution in [2.45, 2.75) is 16.2 Å². The molecule has 0 amide bonds. The van der Waals surface area contributed by atoms with E-state index in [2.05, 4.69) is 0 Å². The van der Waals surface area contributed by atoms with Crippen LogP contribution in [0.1, 0.15) is 11.6 Å². The normalized spacial score (nSPS) is 22.7. The van der Waals surface area contributed by atoms with Crippen LogP contribution in [0.4, 0.5) is 0 Å². The predicted octanol–water partition coefficient (Wildman–Crippen LogP) is 2.91. The lowest BCUT2D eigenvalue weighted by Gasteiger charge is -2.30. The predicted molar refractivity (Wildman–Crippen MR) is 80.5 cm³/mol. The first kappa shape index (κ1) is 13.6. The van der Waals surface area contributed by atoms with E-state index in [4.69, 9.17) is 22.1 Å². The molecule has 1 aliphatic rings. The average Bonchev–Trinajstić information content (AvgIpc) is 2.47. The molecule has 0 saturated carbocycles. The molecule has 0 radical (unpaired) electrons. The summed E-state index contributed by atoms with van der Waals surface area (Å²) in [6.07, 6.45) is 0. The molecule has 3 nitrogen and oxygen atoms in total. The van der Waals surface area contributed by atoms with Crippen molar-refractivity contribution in [3.05, 3.63) is 59.1 Å². The third-order valence-corrected chi connectivity index (χ3v) is 5.32. The van der Waals surface area contributed by atoms with Crippen molar-refractivity contribution in [2.75, 3.05) is 6.61 Å². The first-order valence-corrected chi connectivity index (χ1v) is 7.89. The van der Waals surface area contributed by atoms with E-state index in [1.165, 1.54) is 0 Å². The summed E-state index contributed by atoms with van der Waals surface area (Å²) in [7, 11) is -1.25. The number of nitrogens with two attached hydrogens (primary N) is 1. The summed E-state index contributed by atoms with van der Waals surface area (Å²) in [5.41, 5.74) is 7.16. The highest BCUT2D eigenvalue weighted by molar-refractivity contribution is 7.85. The van der Waals surface area contributed by atoms with Crippen LogP contribution in [-0.2, 0) is 10.8 Å². The Hall–Kier alpha value is -1.36. The smallest absolute Gasteiger partial charge is 0.124 e. The van der Waals surface area contributed by atoms with Gasteiger partial charge in [0.1, 0.15) is 12.4 Å². The van der Waals surface area contributed by atoms with Crippen LogP contribution in [0.5, 0.6) is 5.75 Å². The lowest BCUT2D eigenvalue weighted by molar-refractivity contribution is 0.273. The summed E-state index contributed by atoms with van der Waals surface area (Å²) in [5.74, 6) is 0.777. The standard InChI is InChI=1S/C15H14ClNO2S/c16-10-4-3-5-11(8-10)20(18)14-9-19-13-7-2-1-6-12(13)15(14)17/h1-8,14-15H,9,17H2. The largest absolute Gasteiger partial charge is 0.492 e. The van der Waals surface area contributed by atoms with E-state index in [0.29, 0.717) is 16.5 Å². The van der Waals surface area contributed by atoms with Crippen LogP contribution in [-0.4, -0.2) is 16.1 Å². The zero-order valence-electron chi connectivity index (χ0n) is 10.7. The Balaban J connectivity index is 1.91. The average molecular weight is 308 g/mol. The minimum absolute atomic E-state index is 0.275. The van der Waals surface area contributed by atoms with E-state index < -0.39 is 10.8 Å². The van der Waals surface area contributed by atoms with Crippen molar-refractivity contribution in [1.82, 2.24) is 0 Å². The first-order chi connectivity index (χ1) is 9.66. The SMILES string of the molecule is NC1c2ccccc2OCC1S(=O)c1cccc(Cl)c1. The van der Waals surface area contributed by atoms with Gasteiger partial charge in [-0.25, -0.2) is 0 Å². The molecule has 3 atom stereocenters. The Labute approximate surface area is 125 Å². The van der Waals surface area contributed by atoms with Crippen molar-refractivity contribution < 1.29 is 8.95 Å². The Kier molecular flexibility index (Phi) is 3.78. The van der Waals surface area contributed by atoms with E-state index in [0.717, 1.165) is 11.3 Å². The van der Waals surface area contributed by atoms with Gasteiger partial charge in [0.15, 0.2) is 0 Å². The molecule has 2 aromatic rings. The van der Waals surface area contributed by atoms with Gasteiger partial charge in [-0.05, 0) is 24.3 Å². The van der Waals surface area contributed by atoms with Crippen molar-refractivity contribution in [2.24, 2.45) is 5.73 Å². The summed E-state index contributed by atoms with van der Waals surface area (Å²) < 4.78 is 18.3. The quantitative estimate of drug-likeness (QED) is 0.928.